The fourth-order valence-corrected chi connectivity index (χ4v) is 4.52. The van der Waals surface area contributed by atoms with Gasteiger partial charge in [0.05, 0.1) is 12.2 Å². The maximum atomic E-state index is 13.3. The number of benzene rings is 2. The van der Waals surface area contributed by atoms with Crippen LogP contribution in [0.2, 0.25) is 0 Å². The molecule has 0 spiro atoms. The Balaban J connectivity index is 2.04. The Morgan fingerprint density at radius 2 is 2.04 bits per heavy atom. The van der Waals surface area contributed by atoms with Crippen molar-refractivity contribution in [3.63, 3.8) is 0 Å². The largest absolute Gasteiger partial charge is 0.507 e. The van der Waals surface area contributed by atoms with E-state index in [9.17, 15) is 18.3 Å². The molecule has 0 saturated carbocycles. The topological polar surface area (TPSA) is 95.9 Å². The Kier molecular flexibility index (Phi) is 5.27. The fourth-order valence-electron chi connectivity index (χ4n) is 2.88. The number of nitrogens with one attached hydrogen (secondary N) is 1. The molecule has 7 nitrogen and oxygen atoms in total. The molecule has 0 saturated heterocycles. The van der Waals surface area contributed by atoms with Crippen molar-refractivity contribution in [2.45, 2.75) is 31.3 Å². The van der Waals surface area contributed by atoms with Gasteiger partial charge in [0, 0.05) is 6.54 Å². The van der Waals surface area contributed by atoms with Crippen LogP contribution in [0, 0.1) is 6.92 Å². The molecule has 1 atom stereocenters. The van der Waals surface area contributed by atoms with E-state index in [1.807, 2.05) is 6.92 Å². The second kappa shape index (κ2) is 7.48. The van der Waals surface area contributed by atoms with Gasteiger partial charge < -0.3 is 15.2 Å². The van der Waals surface area contributed by atoms with Gasteiger partial charge in [-0.1, -0.05) is 25.1 Å². The van der Waals surface area contributed by atoms with Crippen molar-refractivity contribution in [3.05, 3.63) is 48.0 Å². The lowest BCUT2D eigenvalue weighted by Crippen LogP contribution is -2.50. The Morgan fingerprint density at radius 1 is 1.30 bits per heavy atom. The monoisotopic (exact) mass is 390 g/mol. The third kappa shape index (κ3) is 3.71. The number of anilines is 1. The van der Waals surface area contributed by atoms with E-state index in [0.717, 1.165) is 10.7 Å². The van der Waals surface area contributed by atoms with Crippen molar-refractivity contribution >= 4 is 21.6 Å². The number of aromatic hydroxyl groups is 1. The number of aryl methyl sites for hydroxylation is 1. The quantitative estimate of drug-likeness (QED) is 0.816. The molecule has 27 heavy (non-hydrogen) atoms. The first kappa shape index (κ1) is 19.0. The number of nitrogens with zero attached hydrogens (tertiary/aromatic N) is 1. The molecule has 1 amide bonds. The Hall–Kier alpha value is -2.74. The van der Waals surface area contributed by atoms with E-state index in [1.54, 1.807) is 37.3 Å². The average molecular weight is 390 g/mol. The molecule has 0 radical (unpaired) electrons. The number of ether oxygens (including phenoxy) is 1. The van der Waals surface area contributed by atoms with Crippen LogP contribution in [0.25, 0.3) is 0 Å². The number of phenolic OH excluding ortho intramolecular Hbond substituents is 1. The number of para-hydroxylation sites is 2. The lowest BCUT2D eigenvalue weighted by molar-refractivity contribution is -0.127. The SMILES string of the molecule is CCCNC(=O)[C@@H]1CN(S(=O)(=O)c2cc(C)ccc2O)c2ccccc2O1. The summed E-state index contributed by atoms with van der Waals surface area (Å²) < 4.78 is 33.4. The number of hydrogen-bond acceptors (Lipinski definition) is 5. The van der Waals surface area contributed by atoms with Crippen molar-refractivity contribution < 1.29 is 23.1 Å². The summed E-state index contributed by atoms with van der Waals surface area (Å²) in [7, 11) is -4.09. The summed E-state index contributed by atoms with van der Waals surface area (Å²) in [6.07, 6.45) is -0.220. The van der Waals surface area contributed by atoms with Crippen LogP contribution in [0.4, 0.5) is 5.69 Å². The number of carbonyl (C=O) groups excluding carboxylic acids is 1. The molecule has 2 aromatic carbocycles. The number of fused-ring (bicyclic) bond motifs is 1. The lowest BCUT2D eigenvalue weighted by Gasteiger charge is -2.34. The first-order chi connectivity index (χ1) is 12.8. The predicted octanol–water partition coefficient (Wildman–Crippen LogP) is 2.18. The predicted molar refractivity (Wildman–Crippen MR) is 102 cm³/mol. The maximum Gasteiger partial charge on any atom is 0.268 e. The third-order valence-corrected chi connectivity index (χ3v) is 6.07. The van der Waals surface area contributed by atoms with Crippen LogP contribution < -0.4 is 14.4 Å². The molecule has 8 heteroatoms. The summed E-state index contributed by atoms with van der Waals surface area (Å²) in [6.45, 7) is 3.97. The molecular weight excluding hydrogens is 368 g/mol. The molecule has 2 aromatic rings. The summed E-state index contributed by atoms with van der Waals surface area (Å²) in [6, 6.07) is 11.0. The number of amides is 1. The van der Waals surface area contributed by atoms with Crippen LogP contribution in [0.3, 0.4) is 0 Å². The van der Waals surface area contributed by atoms with Gasteiger partial charge in [0.25, 0.3) is 15.9 Å². The minimum atomic E-state index is -4.09. The standard InChI is InChI=1S/C19H22N2O5S/c1-3-10-20-19(23)17-12-21(14-6-4-5-7-16(14)26-17)27(24,25)18-11-13(2)8-9-15(18)22/h4-9,11,17,22H,3,10,12H2,1-2H3,(H,20,23)/t17-/m0/s1. The molecule has 2 N–H and O–H groups in total. The van der Waals surface area contributed by atoms with E-state index in [4.69, 9.17) is 4.74 Å². The second-order valence-corrected chi connectivity index (χ2v) is 8.20. The van der Waals surface area contributed by atoms with Gasteiger partial charge in [-0.05, 0) is 43.2 Å². The number of hydrogen-bond donors (Lipinski definition) is 2. The van der Waals surface area contributed by atoms with Crippen LogP contribution in [0.1, 0.15) is 18.9 Å². The Labute approximate surface area is 158 Å². The highest BCUT2D eigenvalue weighted by atomic mass is 32.2. The fraction of sp³-hybridized carbons (Fsp3) is 0.316. The number of carbonyl (C=O) groups is 1. The summed E-state index contributed by atoms with van der Waals surface area (Å²) in [4.78, 5) is 12.2. The zero-order valence-corrected chi connectivity index (χ0v) is 16.0. The van der Waals surface area contributed by atoms with Crippen LogP contribution >= 0.6 is 0 Å². The van der Waals surface area contributed by atoms with Crippen molar-refractivity contribution in [3.8, 4) is 11.5 Å². The van der Waals surface area contributed by atoms with Crippen LogP contribution in [-0.2, 0) is 14.8 Å². The lowest BCUT2D eigenvalue weighted by atomic mass is 10.2. The number of rotatable bonds is 5. The van der Waals surface area contributed by atoms with E-state index in [2.05, 4.69) is 5.32 Å². The highest BCUT2D eigenvalue weighted by Crippen LogP contribution is 2.38. The molecule has 0 unspecified atom stereocenters. The van der Waals surface area contributed by atoms with Gasteiger partial charge >= 0.3 is 0 Å². The smallest absolute Gasteiger partial charge is 0.268 e. The van der Waals surface area contributed by atoms with E-state index < -0.39 is 16.1 Å². The van der Waals surface area contributed by atoms with Gasteiger partial charge in [-0.25, -0.2) is 8.42 Å². The Bertz CT molecular complexity index is 958. The average Bonchev–Trinajstić information content (AvgIpc) is 2.66. The molecule has 1 aliphatic heterocycles. The molecule has 0 fully saturated rings. The summed E-state index contributed by atoms with van der Waals surface area (Å²) in [5.41, 5.74) is 1.03. The molecular formula is C19H22N2O5S. The second-order valence-electron chi connectivity index (χ2n) is 6.37. The summed E-state index contributed by atoms with van der Waals surface area (Å²) in [5.74, 6) is -0.410. The van der Waals surface area contributed by atoms with Crippen molar-refractivity contribution in [1.29, 1.82) is 0 Å². The van der Waals surface area contributed by atoms with E-state index in [1.165, 1.54) is 12.1 Å². The number of phenols is 1. The molecule has 144 valence electrons. The molecule has 3 rings (SSSR count). The van der Waals surface area contributed by atoms with Gasteiger partial charge in [-0.2, -0.15) is 0 Å². The van der Waals surface area contributed by atoms with Crippen LogP contribution in [0.15, 0.2) is 47.4 Å². The van der Waals surface area contributed by atoms with Gasteiger partial charge in [-0.15, -0.1) is 0 Å². The van der Waals surface area contributed by atoms with E-state index in [-0.39, 0.29) is 23.1 Å². The molecule has 1 aliphatic rings. The summed E-state index contributed by atoms with van der Waals surface area (Å²) in [5, 5.41) is 12.9. The zero-order valence-electron chi connectivity index (χ0n) is 15.2. The van der Waals surface area contributed by atoms with Crippen LogP contribution in [0.5, 0.6) is 11.5 Å². The first-order valence-electron chi connectivity index (χ1n) is 8.70. The highest BCUT2D eigenvalue weighted by molar-refractivity contribution is 7.93. The molecule has 0 aromatic heterocycles. The highest BCUT2D eigenvalue weighted by Gasteiger charge is 2.38. The maximum absolute atomic E-state index is 13.3. The van der Waals surface area contributed by atoms with Gasteiger partial charge in [0.1, 0.15) is 16.4 Å². The third-order valence-electron chi connectivity index (χ3n) is 4.26. The van der Waals surface area contributed by atoms with Gasteiger partial charge in [0.2, 0.25) is 0 Å². The Morgan fingerprint density at radius 3 is 2.78 bits per heavy atom. The van der Waals surface area contributed by atoms with Crippen LogP contribution in [-0.4, -0.2) is 38.6 Å². The van der Waals surface area contributed by atoms with Crippen molar-refractivity contribution in [1.82, 2.24) is 5.32 Å². The van der Waals surface area contributed by atoms with Crippen molar-refractivity contribution in [2.75, 3.05) is 17.4 Å². The van der Waals surface area contributed by atoms with Gasteiger partial charge in [-0.3, -0.25) is 9.10 Å². The zero-order chi connectivity index (χ0) is 19.6. The molecule has 1 heterocycles. The molecule has 0 aliphatic carbocycles. The summed E-state index contributed by atoms with van der Waals surface area (Å²) >= 11 is 0. The normalized spacial score (nSPS) is 16.4. The minimum absolute atomic E-state index is 0.178. The molecule has 0 bridgehead atoms. The van der Waals surface area contributed by atoms with Gasteiger partial charge in [0.15, 0.2) is 6.10 Å². The first-order valence-corrected chi connectivity index (χ1v) is 10.1. The minimum Gasteiger partial charge on any atom is -0.507 e. The number of sulfonamides is 1. The van der Waals surface area contributed by atoms with Crippen molar-refractivity contribution in [2.24, 2.45) is 0 Å². The van der Waals surface area contributed by atoms with E-state index in [0.29, 0.717) is 23.5 Å². The van der Waals surface area contributed by atoms with E-state index >= 15 is 0 Å².